The summed E-state index contributed by atoms with van der Waals surface area (Å²) in [4.78, 5) is 5.08. The van der Waals surface area contributed by atoms with Crippen LogP contribution in [0.3, 0.4) is 0 Å². The Morgan fingerprint density at radius 3 is 2.48 bits per heavy atom. The van der Waals surface area contributed by atoms with Gasteiger partial charge in [-0.15, -0.1) is 0 Å². The first-order valence-electron chi connectivity index (χ1n) is 8.91. The van der Waals surface area contributed by atoms with E-state index in [1.807, 2.05) is 0 Å². The molecule has 1 saturated heterocycles. The number of fused-ring (bicyclic) bond motifs is 1. The topological polar surface area (TPSA) is 44.5 Å². The van der Waals surface area contributed by atoms with E-state index in [-0.39, 0.29) is 5.41 Å². The van der Waals surface area contributed by atoms with Gasteiger partial charge in [0.05, 0.1) is 0 Å². The number of benzene rings is 1. The lowest BCUT2D eigenvalue weighted by atomic mass is 9.81. The van der Waals surface area contributed by atoms with Crippen LogP contribution < -0.4 is 11.1 Å². The summed E-state index contributed by atoms with van der Waals surface area (Å²) in [6.07, 6.45) is 0. The Morgan fingerprint density at radius 2 is 1.87 bits per heavy atom. The number of likely N-dealkylation sites (N-methyl/N-ethyl adjacent to an activating group) is 1. The first-order chi connectivity index (χ1) is 10.9. The van der Waals surface area contributed by atoms with Crippen molar-refractivity contribution in [3.8, 4) is 0 Å². The van der Waals surface area contributed by atoms with Gasteiger partial charge in [-0.25, -0.2) is 0 Å². The van der Waals surface area contributed by atoms with Gasteiger partial charge >= 0.3 is 0 Å². The highest BCUT2D eigenvalue weighted by Gasteiger charge is 2.34. The van der Waals surface area contributed by atoms with Gasteiger partial charge in [-0.05, 0) is 29.2 Å². The number of hydrogen-bond donors (Lipinski definition) is 2. The van der Waals surface area contributed by atoms with E-state index in [1.54, 1.807) is 0 Å². The maximum absolute atomic E-state index is 6.13. The fourth-order valence-corrected chi connectivity index (χ4v) is 3.98. The number of nitrogens with zero attached hydrogens (tertiary/aromatic N) is 2. The minimum atomic E-state index is 0.175. The summed E-state index contributed by atoms with van der Waals surface area (Å²) < 4.78 is 0. The molecule has 0 spiro atoms. The fourth-order valence-electron chi connectivity index (χ4n) is 3.98. The van der Waals surface area contributed by atoms with Crippen molar-refractivity contribution in [2.24, 2.45) is 5.73 Å². The van der Waals surface area contributed by atoms with E-state index in [1.165, 1.54) is 16.7 Å². The molecule has 4 nitrogen and oxygen atoms in total. The third-order valence-corrected chi connectivity index (χ3v) is 5.48. The largest absolute Gasteiger partial charge is 0.329 e. The molecule has 1 aromatic rings. The Kier molecular flexibility index (Phi) is 4.79. The minimum Gasteiger partial charge on any atom is -0.329 e. The number of piperazine rings is 1. The normalized spacial score (nSPS) is 27.0. The maximum Gasteiger partial charge on any atom is 0.0479 e. The molecule has 2 unspecified atom stereocenters. The molecule has 0 amide bonds. The minimum absolute atomic E-state index is 0.175. The number of nitrogens with two attached hydrogens (primary N) is 1. The molecule has 0 bridgehead atoms. The summed E-state index contributed by atoms with van der Waals surface area (Å²) >= 11 is 0. The van der Waals surface area contributed by atoms with Crippen molar-refractivity contribution >= 4 is 0 Å². The van der Waals surface area contributed by atoms with Crippen molar-refractivity contribution in [3.63, 3.8) is 0 Å². The lowest BCUT2D eigenvalue weighted by molar-refractivity contribution is 0.101. The smallest absolute Gasteiger partial charge is 0.0479 e. The van der Waals surface area contributed by atoms with Gasteiger partial charge in [-0.2, -0.15) is 0 Å². The molecular weight excluding hydrogens is 284 g/mol. The van der Waals surface area contributed by atoms with E-state index in [4.69, 9.17) is 5.73 Å². The van der Waals surface area contributed by atoms with Gasteiger partial charge in [0.25, 0.3) is 0 Å². The monoisotopic (exact) mass is 316 g/mol. The molecule has 2 aliphatic rings. The second-order valence-corrected chi connectivity index (χ2v) is 8.09. The van der Waals surface area contributed by atoms with Crippen molar-refractivity contribution in [1.29, 1.82) is 0 Å². The summed E-state index contributed by atoms with van der Waals surface area (Å²) in [6.45, 7) is 13.1. The second-order valence-electron chi connectivity index (χ2n) is 8.09. The van der Waals surface area contributed by atoms with Crippen LogP contribution in [0.25, 0.3) is 0 Å². The standard InChI is InChI=1S/C19H32N4/c1-19(2,3)14-5-6-15-16(11-14)17(12-20)22(4)13-18(15)23-9-7-21-8-10-23/h5-6,11,17-18,21H,7-10,12-13,20H2,1-4H3. The van der Waals surface area contributed by atoms with Gasteiger partial charge in [0.1, 0.15) is 0 Å². The van der Waals surface area contributed by atoms with Crippen molar-refractivity contribution in [2.45, 2.75) is 38.3 Å². The quantitative estimate of drug-likeness (QED) is 0.874. The molecule has 0 radical (unpaired) electrons. The van der Waals surface area contributed by atoms with E-state index in [2.05, 4.69) is 61.1 Å². The molecule has 3 rings (SSSR count). The van der Waals surface area contributed by atoms with Gasteiger partial charge in [-0.3, -0.25) is 9.80 Å². The fraction of sp³-hybridized carbons (Fsp3) is 0.684. The average Bonchev–Trinajstić information content (AvgIpc) is 2.53. The Hall–Kier alpha value is -0.940. The lowest BCUT2D eigenvalue weighted by Crippen LogP contribution is -2.50. The van der Waals surface area contributed by atoms with Gasteiger partial charge in [0.2, 0.25) is 0 Å². The Labute approximate surface area is 141 Å². The molecule has 23 heavy (non-hydrogen) atoms. The van der Waals surface area contributed by atoms with Crippen molar-refractivity contribution < 1.29 is 0 Å². The zero-order chi connectivity index (χ0) is 16.6. The summed E-state index contributed by atoms with van der Waals surface area (Å²) in [5.74, 6) is 0. The van der Waals surface area contributed by atoms with E-state index < -0.39 is 0 Å². The Balaban J connectivity index is 2.01. The zero-order valence-electron chi connectivity index (χ0n) is 15.1. The molecule has 4 heteroatoms. The third kappa shape index (κ3) is 3.31. The average molecular weight is 316 g/mol. The summed E-state index contributed by atoms with van der Waals surface area (Å²) in [7, 11) is 2.22. The van der Waals surface area contributed by atoms with Crippen LogP contribution >= 0.6 is 0 Å². The van der Waals surface area contributed by atoms with Crippen LogP contribution in [0.2, 0.25) is 0 Å². The molecule has 0 saturated carbocycles. The van der Waals surface area contributed by atoms with Crippen LogP contribution in [0, 0.1) is 0 Å². The molecule has 2 aliphatic heterocycles. The van der Waals surface area contributed by atoms with Crippen LogP contribution in [-0.4, -0.2) is 56.1 Å². The van der Waals surface area contributed by atoms with Gasteiger partial charge < -0.3 is 11.1 Å². The van der Waals surface area contributed by atoms with Crippen LogP contribution in [0.1, 0.15) is 49.5 Å². The molecule has 128 valence electrons. The van der Waals surface area contributed by atoms with Crippen LogP contribution in [0.4, 0.5) is 0 Å². The number of nitrogens with one attached hydrogen (secondary N) is 1. The molecular formula is C19H32N4. The first kappa shape index (κ1) is 16.9. The Morgan fingerprint density at radius 1 is 1.17 bits per heavy atom. The van der Waals surface area contributed by atoms with E-state index in [9.17, 15) is 0 Å². The van der Waals surface area contributed by atoms with Crippen LogP contribution in [0.15, 0.2) is 18.2 Å². The number of rotatable bonds is 2. The third-order valence-electron chi connectivity index (χ3n) is 5.48. The van der Waals surface area contributed by atoms with Crippen molar-refractivity contribution in [2.75, 3.05) is 46.3 Å². The summed E-state index contributed by atoms with van der Waals surface area (Å²) in [5, 5.41) is 3.46. The molecule has 0 aromatic heterocycles. The molecule has 1 aromatic carbocycles. The van der Waals surface area contributed by atoms with Crippen LogP contribution in [0.5, 0.6) is 0 Å². The second kappa shape index (κ2) is 6.52. The van der Waals surface area contributed by atoms with Crippen LogP contribution in [-0.2, 0) is 5.41 Å². The predicted octanol–water partition coefficient (Wildman–Crippen LogP) is 1.88. The van der Waals surface area contributed by atoms with Gasteiger partial charge in [0.15, 0.2) is 0 Å². The van der Waals surface area contributed by atoms with E-state index in [0.29, 0.717) is 18.6 Å². The SMILES string of the molecule is CN1CC(N2CCNCC2)c2ccc(C(C)(C)C)cc2C1CN. The van der Waals surface area contributed by atoms with Gasteiger partial charge in [-0.1, -0.05) is 39.0 Å². The predicted molar refractivity (Wildman–Crippen MR) is 96.8 cm³/mol. The van der Waals surface area contributed by atoms with Crippen molar-refractivity contribution in [1.82, 2.24) is 15.1 Å². The lowest BCUT2D eigenvalue weighted by Gasteiger charge is -2.45. The maximum atomic E-state index is 6.13. The highest BCUT2D eigenvalue weighted by atomic mass is 15.3. The zero-order valence-corrected chi connectivity index (χ0v) is 15.1. The van der Waals surface area contributed by atoms with E-state index >= 15 is 0 Å². The Bertz CT molecular complexity index is 543. The number of hydrogen-bond acceptors (Lipinski definition) is 4. The highest BCUT2D eigenvalue weighted by molar-refractivity contribution is 5.41. The summed E-state index contributed by atoms with van der Waals surface area (Å²) in [5.41, 5.74) is 10.6. The molecule has 2 heterocycles. The highest BCUT2D eigenvalue weighted by Crippen LogP contribution is 2.38. The molecule has 2 atom stereocenters. The molecule has 1 fully saturated rings. The van der Waals surface area contributed by atoms with E-state index in [0.717, 1.165) is 32.7 Å². The molecule has 3 N–H and O–H groups in total. The van der Waals surface area contributed by atoms with Gasteiger partial charge in [0, 0.05) is 51.4 Å². The van der Waals surface area contributed by atoms with Crippen molar-refractivity contribution in [3.05, 3.63) is 34.9 Å². The summed E-state index contributed by atoms with van der Waals surface area (Å²) in [6, 6.07) is 7.95. The molecule has 0 aliphatic carbocycles. The first-order valence-corrected chi connectivity index (χ1v) is 8.91.